The Bertz CT molecular complexity index is 1700. The summed E-state index contributed by atoms with van der Waals surface area (Å²) in [5.74, 6) is -0.971. The number of methoxy groups -OCH3 is 1. The predicted molar refractivity (Wildman–Crippen MR) is 177 cm³/mol. The van der Waals surface area contributed by atoms with E-state index >= 15 is 0 Å². The van der Waals surface area contributed by atoms with E-state index in [0.717, 1.165) is 42.5 Å². The lowest BCUT2D eigenvalue weighted by Gasteiger charge is -2.33. The fraction of sp³-hybridized carbons (Fsp3) is 0.375. The van der Waals surface area contributed by atoms with Gasteiger partial charge in [0.25, 0.3) is 15.7 Å². The van der Waals surface area contributed by atoms with Gasteiger partial charge in [0.1, 0.15) is 18.3 Å². The van der Waals surface area contributed by atoms with Crippen LogP contribution in [0, 0.1) is 17.0 Å². The molecule has 1 atom stereocenters. The van der Waals surface area contributed by atoms with Crippen molar-refractivity contribution in [1.29, 1.82) is 0 Å². The number of ether oxygens (including phenoxy) is 1. The Morgan fingerprint density at radius 2 is 1.67 bits per heavy atom. The summed E-state index contributed by atoms with van der Waals surface area (Å²) >= 11 is 12.4. The third-order valence-electron chi connectivity index (χ3n) is 8.04. The van der Waals surface area contributed by atoms with Crippen LogP contribution in [0.15, 0.2) is 65.6 Å². The van der Waals surface area contributed by atoms with Crippen molar-refractivity contribution in [2.75, 3.05) is 18.0 Å². The molecular weight excluding hydrogens is 655 g/mol. The van der Waals surface area contributed by atoms with E-state index in [0.29, 0.717) is 10.6 Å². The summed E-state index contributed by atoms with van der Waals surface area (Å²) in [6.45, 7) is 2.29. The number of nitrogens with zero attached hydrogens (tertiary/aromatic N) is 3. The smallest absolute Gasteiger partial charge is 0.273 e. The molecule has 1 aliphatic rings. The summed E-state index contributed by atoms with van der Waals surface area (Å²) in [5.41, 5.74) is 0.470. The van der Waals surface area contributed by atoms with Gasteiger partial charge in [-0.2, -0.15) is 0 Å². The van der Waals surface area contributed by atoms with Gasteiger partial charge in [0.15, 0.2) is 0 Å². The zero-order valence-corrected chi connectivity index (χ0v) is 28.1. The molecule has 1 aliphatic carbocycles. The van der Waals surface area contributed by atoms with Gasteiger partial charge < -0.3 is 15.0 Å². The number of sulfonamides is 1. The topological polar surface area (TPSA) is 139 Å². The number of rotatable bonds is 12. The lowest BCUT2D eigenvalue weighted by molar-refractivity contribution is -0.385. The zero-order valence-electron chi connectivity index (χ0n) is 25.7. The first-order chi connectivity index (χ1) is 21.8. The van der Waals surface area contributed by atoms with Crippen molar-refractivity contribution in [3.05, 3.63) is 92.0 Å². The summed E-state index contributed by atoms with van der Waals surface area (Å²) in [7, 11) is -3.29. The monoisotopic (exact) mass is 690 g/mol. The minimum Gasteiger partial charge on any atom is -0.495 e. The molecule has 2 amide bonds. The molecule has 1 N–H and O–H groups in total. The first-order valence-electron chi connectivity index (χ1n) is 14.8. The molecule has 1 fully saturated rings. The molecule has 0 bridgehead atoms. The number of carbonyl (C=O) groups excluding carboxylic acids is 2. The highest BCUT2D eigenvalue weighted by Gasteiger charge is 2.35. The van der Waals surface area contributed by atoms with Crippen molar-refractivity contribution in [2.45, 2.75) is 69.5 Å². The van der Waals surface area contributed by atoms with Gasteiger partial charge in [0, 0.05) is 34.3 Å². The third-order valence-corrected chi connectivity index (χ3v) is 10.3. The van der Waals surface area contributed by atoms with Gasteiger partial charge in [-0.3, -0.25) is 24.0 Å². The number of hydrogen-bond acceptors (Lipinski definition) is 7. The first kappa shape index (κ1) is 35.0. The molecule has 3 aromatic rings. The second-order valence-corrected chi connectivity index (χ2v) is 13.9. The molecule has 0 aromatic heterocycles. The van der Waals surface area contributed by atoms with Crippen LogP contribution >= 0.6 is 23.2 Å². The van der Waals surface area contributed by atoms with E-state index in [1.165, 1.54) is 49.3 Å². The van der Waals surface area contributed by atoms with Crippen LogP contribution in [0.2, 0.25) is 10.0 Å². The molecule has 0 heterocycles. The first-order valence-corrected chi connectivity index (χ1v) is 17.0. The van der Waals surface area contributed by atoms with Crippen LogP contribution in [0.3, 0.4) is 0 Å². The Morgan fingerprint density at radius 1 is 1.02 bits per heavy atom. The molecule has 0 aliphatic heterocycles. The lowest BCUT2D eigenvalue weighted by atomic mass is 9.95. The van der Waals surface area contributed by atoms with Crippen molar-refractivity contribution in [2.24, 2.45) is 0 Å². The van der Waals surface area contributed by atoms with Gasteiger partial charge >= 0.3 is 0 Å². The molecule has 246 valence electrons. The molecule has 4 rings (SSSR count). The molecule has 1 saturated carbocycles. The number of nitro benzene ring substituents is 1. The van der Waals surface area contributed by atoms with Crippen molar-refractivity contribution in [3.63, 3.8) is 0 Å². The SMILES string of the molecule is COc1ccc(Cl)cc1N(CC(=O)N(Cc1ccc(Cl)cc1)[C@@H](C)C(=O)NC1CCCCC1)S(=O)(=O)c1ccc(C)c([N+](=O)[O-])c1. The minimum atomic E-state index is -4.63. The lowest BCUT2D eigenvalue weighted by Crippen LogP contribution is -2.53. The summed E-state index contributed by atoms with van der Waals surface area (Å²) in [6, 6.07) is 13.5. The maximum Gasteiger partial charge on any atom is 0.273 e. The Morgan fingerprint density at radius 3 is 2.30 bits per heavy atom. The van der Waals surface area contributed by atoms with Crippen LogP contribution in [0.4, 0.5) is 11.4 Å². The Hall–Kier alpha value is -3.87. The second-order valence-electron chi connectivity index (χ2n) is 11.2. The van der Waals surface area contributed by atoms with E-state index in [1.54, 1.807) is 31.2 Å². The number of halogens is 2. The summed E-state index contributed by atoms with van der Waals surface area (Å²) in [4.78, 5) is 39.7. The van der Waals surface area contributed by atoms with Gasteiger partial charge in [0.2, 0.25) is 11.8 Å². The largest absolute Gasteiger partial charge is 0.495 e. The van der Waals surface area contributed by atoms with Crippen LogP contribution in [-0.2, 0) is 26.2 Å². The van der Waals surface area contributed by atoms with Gasteiger partial charge in [-0.25, -0.2) is 8.42 Å². The number of amides is 2. The van der Waals surface area contributed by atoms with Gasteiger partial charge in [-0.15, -0.1) is 0 Å². The summed E-state index contributed by atoms with van der Waals surface area (Å²) in [5, 5.41) is 15.4. The van der Waals surface area contributed by atoms with Crippen LogP contribution in [0.5, 0.6) is 5.75 Å². The number of carbonyl (C=O) groups is 2. The van der Waals surface area contributed by atoms with Crippen LogP contribution in [0.25, 0.3) is 0 Å². The second kappa shape index (κ2) is 15.1. The van der Waals surface area contributed by atoms with Crippen LogP contribution < -0.4 is 14.4 Å². The van der Waals surface area contributed by atoms with Crippen molar-refractivity contribution in [3.8, 4) is 5.75 Å². The fourth-order valence-corrected chi connectivity index (χ4v) is 7.11. The van der Waals surface area contributed by atoms with E-state index in [-0.39, 0.29) is 40.5 Å². The Balaban J connectivity index is 1.77. The van der Waals surface area contributed by atoms with Gasteiger partial charge in [0.05, 0.1) is 22.6 Å². The summed E-state index contributed by atoms with van der Waals surface area (Å²) in [6.07, 6.45) is 4.78. The normalized spacial score (nSPS) is 14.3. The molecule has 0 saturated heterocycles. The third kappa shape index (κ3) is 8.28. The van der Waals surface area contributed by atoms with Crippen molar-refractivity contribution < 1.29 is 27.7 Å². The highest BCUT2D eigenvalue weighted by molar-refractivity contribution is 7.92. The number of anilines is 1. The highest BCUT2D eigenvalue weighted by atomic mass is 35.5. The molecule has 3 aromatic carbocycles. The zero-order chi connectivity index (χ0) is 33.6. The maximum absolute atomic E-state index is 14.3. The fourth-order valence-electron chi connectivity index (χ4n) is 5.38. The van der Waals surface area contributed by atoms with E-state index < -0.39 is 44.0 Å². The standard InChI is InChI=1S/C32H36Cl2N4O7S/c1-21-9-15-27(18-28(21)38(41)42)46(43,44)37(29-17-25(34)14-16-30(29)45-3)20-31(39)36(19-23-10-12-24(33)13-11-23)22(2)32(40)35-26-7-5-4-6-8-26/h9-18,22,26H,4-8,19-20H2,1-3H3,(H,35,40)/t22-/m0/s1. The maximum atomic E-state index is 14.3. The van der Waals surface area contributed by atoms with E-state index in [1.807, 2.05) is 0 Å². The molecule has 0 spiro atoms. The summed E-state index contributed by atoms with van der Waals surface area (Å²) < 4.78 is 34.8. The van der Waals surface area contributed by atoms with Crippen molar-refractivity contribution in [1.82, 2.24) is 10.2 Å². The average molecular weight is 692 g/mol. The molecule has 0 radical (unpaired) electrons. The Labute approximate surface area is 278 Å². The number of benzene rings is 3. The molecule has 0 unspecified atom stereocenters. The van der Waals surface area contributed by atoms with E-state index in [4.69, 9.17) is 27.9 Å². The molecular formula is C32H36Cl2N4O7S. The van der Waals surface area contributed by atoms with E-state index in [9.17, 15) is 28.1 Å². The van der Waals surface area contributed by atoms with Gasteiger partial charge in [-0.05, 0) is 68.7 Å². The highest BCUT2D eigenvalue weighted by Crippen LogP contribution is 2.36. The Kier molecular flexibility index (Phi) is 11.5. The van der Waals surface area contributed by atoms with Gasteiger partial charge in [-0.1, -0.05) is 60.7 Å². The van der Waals surface area contributed by atoms with E-state index in [2.05, 4.69) is 5.32 Å². The predicted octanol–water partition coefficient (Wildman–Crippen LogP) is 6.28. The van der Waals surface area contributed by atoms with Crippen LogP contribution in [0.1, 0.15) is 50.2 Å². The minimum absolute atomic E-state index is 0.0129. The average Bonchev–Trinajstić information content (AvgIpc) is 3.03. The quantitative estimate of drug-likeness (QED) is 0.174. The number of nitro groups is 1. The van der Waals surface area contributed by atoms with Crippen LogP contribution in [-0.4, -0.2) is 55.8 Å². The van der Waals surface area contributed by atoms with Crippen molar-refractivity contribution >= 4 is 56.4 Å². The number of hydrogen-bond donors (Lipinski definition) is 1. The molecule has 46 heavy (non-hydrogen) atoms. The number of aryl methyl sites for hydroxylation is 1. The molecule has 11 nitrogen and oxygen atoms in total. The number of nitrogens with one attached hydrogen (secondary N) is 1. The molecule has 14 heteroatoms.